The lowest BCUT2D eigenvalue weighted by molar-refractivity contribution is 0.178. The molecule has 6 nitrogen and oxygen atoms in total. The fraction of sp³-hybridized carbons (Fsp3) is 0.667. The zero-order chi connectivity index (χ0) is 14.4. The molecule has 0 aliphatic carbocycles. The predicted molar refractivity (Wildman–Crippen MR) is 78.0 cm³/mol. The molecule has 0 saturated carbocycles. The summed E-state index contributed by atoms with van der Waals surface area (Å²) in [5.41, 5.74) is 0. The molecule has 0 radical (unpaired) electrons. The van der Waals surface area contributed by atoms with E-state index in [2.05, 4.69) is 14.9 Å². The second-order valence-electron chi connectivity index (χ2n) is 4.70. The fourth-order valence-corrected chi connectivity index (χ4v) is 3.92. The molecule has 20 heavy (non-hydrogen) atoms. The lowest BCUT2D eigenvalue weighted by Gasteiger charge is -2.33. The van der Waals surface area contributed by atoms with Crippen molar-refractivity contribution in [3.8, 4) is 0 Å². The van der Waals surface area contributed by atoms with Crippen LogP contribution in [-0.2, 0) is 16.6 Å². The summed E-state index contributed by atoms with van der Waals surface area (Å²) in [6.45, 7) is 3.13. The fourth-order valence-electron chi connectivity index (χ4n) is 2.14. The average Bonchev–Trinajstić information content (AvgIpc) is 2.47. The molecule has 0 atom stereocenters. The Morgan fingerprint density at radius 1 is 1.15 bits per heavy atom. The molecule has 0 bridgehead atoms. The monoisotopic (exact) mass is 318 g/mol. The largest absolute Gasteiger partial charge is 0.293 e. The third-order valence-corrected chi connectivity index (χ3v) is 5.47. The highest BCUT2D eigenvalue weighted by atomic mass is 35.5. The molecular formula is C12H19ClN4O2S. The maximum atomic E-state index is 12.0. The quantitative estimate of drug-likeness (QED) is 0.717. The Morgan fingerprint density at radius 2 is 1.80 bits per heavy atom. The Morgan fingerprint density at radius 3 is 2.40 bits per heavy atom. The van der Waals surface area contributed by atoms with Gasteiger partial charge in [0.05, 0.1) is 12.3 Å². The Hall–Kier alpha value is -0.760. The van der Waals surface area contributed by atoms with E-state index in [-0.39, 0.29) is 5.75 Å². The van der Waals surface area contributed by atoms with E-state index >= 15 is 0 Å². The molecule has 1 aliphatic heterocycles. The summed E-state index contributed by atoms with van der Waals surface area (Å²) < 4.78 is 25.6. The molecule has 0 unspecified atom stereocenters. The van der Waals surface area contributed by atoms with Gasteiger partial charge in [0.1, 0.15) is 5.82 Å². The lowest BCUT2D eigenvalue weighted by atomic mass is 10.3. The van der Waals surface area contributed by atoms with Crippen LogP contribution in [0.15, 0.2) is 18.5 Å². The van der Waals surface area contributed by atoms with Gasteiger partial charge in [-0.25, -0.2) is 18.4 Å². The van der Waals surface area contributed by atoms with Crippen LogP contribution in [0.2, 0.25) is 0 Å². The molecule has 0 spiro atoms. The maximum absolute atomic E-state index is 12.0. The van der Waals surface area contributed by atoms with Crippen LogP contribution in [0.1, 0.15) is 12.2 Å². The molecule has 0 N–H and O–H groups in total. The van der Waals surface area contributed by atoms with Gasteiger partial charge in [-0.05, 0) is 12.5 Å². The minimum atomic E-state index is -3.15. The van der Waals surface area contributed by atoms with Crippen molar-refractivity contribution in [3.63, 3.8) is 0 Å². The van der Waals surface area contributed by atoms with Crippen molar-refractivity contribution in [2.75, 3.05) is 37.8 Å². The Balaban J connectivity index is 1.83. The summed E-state index contributed by atoms with van der Waals surface area (Å²) in [5, 5.41) is 0. The van der Waals surface area contributed by atoms with Gasteiger partial charge in [0.2, 0.25) is 10.0 Å². The number of halogens is 1. The molecule has 1 aromatic heterocycles. The van der Waals surface area contributed by atoms with E-state index in [9.17, 15) is 8.42 Å². The minimum Gasteiger partial charge on any atom is -0.293 e. The van der Waals surface area contributed by atoms with Gasteiger partial charge in [0.15, 0.2) is 0 Å². The van der Waals surface area contributed by atoms with Crippen LogP contribution in [0.4, 0.5) is 0 Å². The second kappa shape index (κ2) is 7.31. The van der Waals surface area contributed by atoms with Gasteiger partial charge in [0.25, 0.3) is 0 Å². The first-order valence-electron chi connectivity index (χ1n) is 6.64. The summed E-state index contributed by atoms with van der Waals surface area (Å²) in [7, 11) is -3.15. The predicted octanol–water partition coefficient (Wildman–Crippen LogP) is 0.553. The Kier molecular flexibility index (Phi) is 5.71. The van der Waals surface area contributed by atoms with Crippen molar-refractivity contribution in [1.29, 1.82) is 0 Å². The molecule has 1 aromatic rings. The van der Waals surface area contributed by atoms with Gasteiger partial charge in [-0.2, -0.15) is 4.31 Å². The minimum absolute atomic E-state index is 0.137. The number of sulfonamides is 1. The summed E-state index contributed by atoms with van der Waals surface area (Å²) in [6, 6.07) is 1.78. The van der Waals surface area contributed by atoms with Crippen LogP contribution in [0, 0.1) is 0 Å². The van der Waals surface area contributed by atoms with E-state index in [1.807, 2.05) is 0 Å². The first kappa shape index (κ1) is 15.6. The normalized spacial score (nSPS) is 18.2. The van der Waals surface area contributed by atoms with Crippen LogP contribution in [0.3, 0.4) is 0 Å². The van der Waals surface area contributed by atoms with Gasteiger partial charge >= 0.3 is 0 Å². The molecule has 2 rings (SSSR count). The highest BCUT2D eigenvalue weighted by Gasteiger charge is 2.26. The number of alkyl halides is 1. The molecule has 112 valence electrons. The topological polar surface area (TPSA) is 66.4 Å². The number of aromatic nitrogens is 2. The van der Waals surface area contributed by atoms with Gasteiger partial charge in [-0.3, -0.25) is 4.90 Å². The van der Waals surface area contributed by atoms with Crippen LogP contribution >= 0.6 is 11.6 Å². The number of hydrogen-bond donors (Lipinski definition) is 0. The summed E-state index contributed by atoms with van der Waals surface area (Å²) >= 11 is 5.55. The van der Waals surface area contributed by atoms with Crippen molar-refractivity contribution in [2.45, 2.75) is 13.0 Å². The highest BCUT2D eigenvalue weighted by molar-refractivity contribution is 7.89. The first-order chi connectivity index (χ1) is 9.62. The molecule has 1 saturated heterocycles. The lowest BCUT2D eigenvalue weighted by Crippen LogP contribution is -2.49. The maximum Gasteiger partial charge on any atom is 0.214 e. The number of nitrogens with zero attached hydrogens (tertiary/aromatic N) is 4. The van der Waals surface area contributed by atoms with Gasteiger partial charge < -0.3 is 0 Å². The number of piperazine rings is 1. The van der Waals surface area contributed by atoms with Crippen molar-refractivity contribution in [1.82, 2.24) is 19.2 Å². The van der Waals surface area contributed by atoms with Gasteiger partial charge in [-0.15, -0.1) is 11.6 Å². The Labute approximate surface area is 124 Å². The molecule has 1 aliphatic rings. The SMILES string of the molecule is O=S(=O)(CCCCl)N1CCN(Cc2ncccn2)CC1. The summed E-state index contributed by atoms with van der Waals surface area (Å²) in [6.07, 6.45) is 3.94. The molecule has 0 aromatic carbocycles. The molecule has 1 fully saturated rings. The van der Waals surface area contributed by atoms with Crippen LogP contribution < -0.4 is 0 Å². The zero-order valence-corrected chi connectivity index (χ0v) is 12.9. The third-order valence-electron chi connectivity index (χ3n) is 3.24. The van der Waals surface area contributed by atoms with E-state index in [1.165, 1.54) is 0 Å². The van der Waals surface area contributed by atoms with Crippen molar-refractivity contribution in [2.24, 2.45) is 0 Å². The van der Waals surface area contributed by atoms with E-state index < -0.39 is 10.0 Å². The van der Waals surface area contributed by atoms with E-state index in [1.54, 1.807) is 22.8 Å². The summed E-state index contributed by atoms with van der Waals surface area (Å²) in [5.74, 6) is 1.29. The molecule has 2 heterocycles. The van der Waals surface area contributed by atoms with Crippen molar-refractivity contribution >= 4 is 21.6 Å². The zero-order valence-electron chi connectivity index (χ0n) is 11.3. The standard InChI is InChI=1S/C12H19ClN4O2S/c13-3-1-10-20(18,19)17-8-6-16(7-9-17)11-12-14-4-2-5-15-12/h2,4-5H,1,3,6-11H2. The van der Waals surface area contributed by atoms with E-state index in [0.717, 1.165) is 5.82 Å². The molecular weight excluding hydrogens is 300 g/mol. The highest BCUT2D eigenvalue weighted by Crippen LogP contribution is 2.10. The van der Waals surface area contributed by atoms with Gasteiger partial charge in [0, 0.05) is 44.5 Å². The van der Waals surface area contributed by atoms with Crippen LogP contribution in [-0.4, -0.2) is 65.4 Å². The average molecular weight is 319 g/mol. The van der Waals surface area contributed by atoms with Crippen LogP contribution in [0.25, 0.3) is 0 Å². The number of rotatable bonds is 6. The van der Waals surface area contributed by atoms with Gasteiger partial charge in [-0.1, -0.05) is 0 Å². The molecule has 0 amide bonds. The smallest absolute Gasteiger partial charge is 0.214 e. The first-order valence-corrected chi connectivity index (χ1v) is 8.78. The number of hydrogen-bond acceptors (Lipinski definition) is 5. The molecule has 8 heteroatoms. The Bertz CT molecular complexity index is 503. The van der Waals surface area contributed by atoms with Crippen LogP contribution in [0.5, 0.6) is 0 Å². The van der Waals surface area contributed by atoms with Crippen molar-refractivity contribution in [3.05, 3.63) is 24.3 Å². The van der Waals surface area contributed by atoms with Crippen molar-refractivity contribution < 1.29 is 8.42 Å². The summed E-state index contributed by atoms with van der Waals surface area (Å²) in [4.78, 5) is 10.5. The van der Waals surface area contributed by atoms with E-state index in [0.29, 0.717) is 45.0 Å². The second-order valence-corrected chi connectivity index (χ2v) is 7.17. The van der Waals surface area contributed by atoms with E-state index in [4.69, 9.17) is 11.6 Å². The third kappa shape index (κ3) is 4.37.